The van der Waals surface area contributed by atoms with Crippen LogP contribution in [0.1, 0.15) is 21.5 Å². The van der Waals surface area contributed by atoms with Gasteiger partial charge in [-0.3, -0.25) is 9.52 Å². The van der Waals surface area contributed by atoms with E-state index in [-0.39, 0.29) is 10.8 Å². The molecule has 1 amide bonds. The second-order valence-corrected chi connectivity index (χ2v) is 8.87. The monoisotopic (exact) mass is 423 g/mol. The van der Waals surface area contributed by atoms with Crippen LogP contribution in [-0.4, -0.2) is 33.3 Å². The summed E-state index contributed by atoms with van der Waals surface area (Å²) in [6.45, 7) is 1.19. The minimum Gasteiger partial charge on any atom is -0.348 e. The van der Waals surface area contributed by atoms with Crippen LogP contribution in [0.5, 0.6) is 0 Å². The average molecular weight is 424 g/mol. The van der Waals surface area contributed by atoms with E-state index in [0.29, 0.717) is 17.8 Å². The summed E-state index contributed by atoms with van der Waals surface area (Å²) < 4.78 is 27.5. The third kappa shape index (κ3) is 5.68. The maximum Gasteiger partial charge on any atom is 0.261 e. The fraction of sp³-hybridized carbons (Fsp3) is 0.174. The minimum absolute atomic E-state index is 0.0965. The molecular weight excluding hydrogens is 398 g/mol. The molecular formula is C23H25N3O3S. The van der Waals surface area contributed by atoms with Crippen molar-refractivity contribution in [3.63, 3.8) is 0 Å². The van der Waals surface area contributed by atoms with E-state index in [1.807, 2.05) is 44.4 Å². The Morgan fingerprint density at radius 1 is 0.833 bits per heavy atom. The molecule has 3 aromatic carbocycles. The van der Waals surface area contributed by atoms with Crippen LogP contribution < -0.4 is 10.0 Å². The molecule has 0 heterocycles. The van der Waals surface area contributed by atoms with Gasteiger partial charge in [-0.1, -0.05) is 42.5 Å². The van der Waals surface area contributed by atoms with Crippen LogP contribution in [0.15, 0.2) is 83.8 Å². The Morgan fingerprint density at radius 3 is 2.07 bits per heavy atom. The van der Waals surface area contributed by atoms with Gasteiger partial charge in [-0.05, 0) is 61.6 Å². The van der Waals surface area contributed by atoms with E-state index in [0.717, 1.165) is 17.7 Å². The topological polar surface area (TPSA) is 78.5 Å². The molecule has 0 aliphatic rings. The zero-order valence-corrected chi connectivity index (χ0v) is 17.8. The second kappa shape index (κ2) is 9.56. The predicted octanol–water partition coefficient (Wildman–Crippen LogP) is 3.48. The molecule has 0 atom stereocenters. The summed E-state index contributed by atoms with van der Waals surface area (Å²) in [6.07, 6.45) is 0. The number of para-hydroxylation sites is 1. The smallest absolute Gasteiger partial charge is 0.261 e. The molecule has 0 aromatic heterocycles. The van der Waals surface area contributed by atoms with E-state index >= 15 is 0 Å². The Balaban J connectivity index is 1.66. The lowest BCUT2D eigenvalue weighted by Gasteiger charge is -2.14. The van der Waals surface area contributed by atoms with Crippen LogP contribution in [-0.2, 0) is 23.1 Å². The number of nitrogens with zero attached hydrogens (tertiary/aromatic N) is 1. The molecule has 3 aromatic rings. The van der Waals surface area contributed by atoms with Gasteiger partial charge in [0.05, 0.1) is 4.90 Å². The largest absolute Gasteiger partial charge is 0.348 e. The highest BCUT2D eigenvalue weighted by atomic mass is 32.2. The fourth-order valence-electron chi connectivity index (χ4n) is 3.01. The van der Waals surface area contributed by atoms with Crippen molar-refractivity contribution in [2.24, 2.45) is 0 Å². The highest BCUT2D eigenvalue weighted by molar-refractivity contribution is 7.92. The molecule has 0 saturated heterocycles. The number of carbonyl (C=O) groups excluding carboxylic acids is 1. The first-order chi connectivity index (χ1) is 14.3. The predicted molar refractivity (Wildman–Crippen MR) is 119 cm³/mol. The highest BCUT2D eigenvalue weighted by Gasteiger charge is 2.15. The van der Waals surface area contributed by atoms with Gasteiger partial charge >= 0.3 is 0 Å². The number of hydrogen-bond donors (Lipinski definition) is 2. The normalized spacial score (nSPS) is 11.3. The first-order valence-corrected chi connectivity index (χ1v) is 11.0. The van der Waals surface area contributed by atoms with Crippen molar-refractivity contribution in [1.82, 2.24) is 10.2 Å². The molecule has 30 heavy (non-hydrogen) atoms. The van der Waals surface area contributed by atoms with Crippen molar-refractivity contribution in [3.8, 4) is 0 Å². The van der Waals surface area contributed by atoms with Gasteiger partial charge in [0, 0.05) is 24.3 Å². The Morgan fingerprint density at radius 2 is 1.43 bits per heavy atom. The van der Waals surface area contributed by atoms with Gasteiger partial charge in [0.15, 0.2) is 0 Å². The molecule has 0 spiro atoms. The molecule has 0 fully saturated rings. The van der Waals surface area contributed by atoms with Gasteiger partial charge in [-0.25, -0.2) is 8.42 Å². The van der Waals surface area contributed by atoms with Crippen LogP contribution in [0.25, 0.3) is 0 Å². The molecule has 0 aliphatic carbocycles. The Labute approximate surface area is 177 Å². The number of benzene rings is 3. The second-order valence-electron chi connectivity index (χ2n) is 7.19. The molecule has 0 radical (unpaired) electrons. The number of anilines is 1. The number of amides is 1. The van der Waals surface area contributed by atoms with E-state index in [9.17, 15) is 13.2 Å². The molecule has 0 aliphatic heterocycles. The number of hydrogen-bond acceptors (Lipinski definition) is 4. The zero-order valence-electron chi connectivity index (χ0n) is 17.0. The van der Waals surface area contributed by atoms with Crippen LogP contribution in [0.4, 0.5) is 5.69 Å². The van der Waals surface area contributed by atoms with Crippen LogP contribution in [0.2, 0.25) is 0 Å². The molecule has 0 saturated carbocycles. The van der Waals surface area contributed by atoms with Gasteiger partial charge < -0.3 is 10.2 Å². The van der Waals surface area contributed by atoms with Gasteiger partial charge in [-0.15, -0.1) is 0 Å². The molecule has 156 valence electrons. The van der Waals surface area contributed by atoms with Crippen LogP contribution >= 0.6 is 0 Å². The summed E-state index contributed by atoms with van der Waals surface area (Å²) in [5.41, 5.74) is 3.08. The van der Waals surface area contributed by atoms with Gasteiger partial charge in [0.1, 0.15) is 0 Å². The third-order valence-corrected chi connectivity index (χ3v) is 5.89. The molecule has 6 nitrogen and oxygen atoms in total. The maximum absolute atomic E-state index is 12.5. The van der Waals surface area contributed by atoms with Crippen molar-refractivity contribution in [3.05, 3.63) is 95.6 Å². The number of carbonyl (C=O) groups is 1. The number of nitrogens with one attached hydrogen (secondary N) is 2. The van der Waals surface area contributed by atoms with Crippen molar-refractivity contribution >= 4 is 21.6 Å². The van der Waals surface area contributed by atoms with E-state index < -0.39 is 10.0 Å². The Kier molecular flexibility index (Phi) is 6.87. The lowest BCUT2D eigenvalue weighted by atomic mass is 10.1. The molecule has 7 heteroatoms. The van der Waals surface area contributed by atoms with E-state index in [1.165, 1.54) is 24.3 Å². The van der Waals surface area contributed by atoms with Crippen LogP contribution in [0, 0.1) is 0 Å². The Bertz CT molecular complexity index is 1100. The summed E-state index contributed by atoms with van der Waals surface area (Å²) in [6, 6.07) is 22.5. The third-order valence-electron chi connectivity index (χ3n) is 4.50. The Hall–Kier alpha value is -3.16. The average Bonchev–Trinajstić information content (AvgIpc) is 2.73. The minimum atomic E-state index is -3.71. The first-order valence-electron chi connectivity index (χ1n) is 9.53. The molecule has 0 unspecified atom stereocenters. The molecule has 0 bridgehead atoms. The first kappa shape index (κ1) is 21.5. The van der Waals surface area contributed by atoms with Crippen molar-refractivity contribution in [2.75, 3.05) is 18.8 Å². The van der Waals surface area contributed by atoms with Crippen molar-refractivity contribution in [1.29, 1.82) is 0 Å². The standard InChI is InChI=1S/C23H25N3O3S/c1-26(2)17-20-9-7-6-8-19(20)16-24-23(27)18-12-14-22(15-13-18)30(28,29)25-21-10-4-3-5-11-21/h3-15,25H,16-17H2,1-2H3,(H,24,27). The van der Waals surface area contributed by atoms with Crippen molar-refractivity contribution in [2.45, 2.75) is 18.0 Å². The number of sulfonamides is 1. The molecule has 3 rings (SSSR count). The van der Waals surface area contributed by atoms with Gasteiger partial charge in [0.25, 0.3) is 15.9 Å². The van der Waals surface area contributed by atoms with Crippen molar-refractivity contribution < 1.29 is 13.2 Å². The number of rotatable bonds is 8. The molecule has 2 N–H and O–H groups in total. The maximum atomic E-state index is 12.5. The van der Waals surface area contributed by atoms with E-state index in [4.69, 9.17) is 0 Å². The van der Waals surface area contributed by atoms with E-state index in [1.54, 1.807) is 24.3 Å². The SMILES string of the molecule is CN(C)Cc1ccccc1CNC(=O)c1ccc(S(=O)(=O)Nc2ccccc2)cc1. The summed E-state index contributed by atoms with van der Waals surface area (Å²) in [7, 11) is 0.281. The fourth-order valence-corrected chi connectivity index (χ4v) is 4.07. The van der Waals surface area contributed by atoms with Crippen LogP contribution in [0.3, 0.4) is 0 Å². The highest BCUT2D eigenvalue weighted by Crippen LogP contribution is 2.17. The van der Waals surface area contributed by atoms with Gasteiger partial charge in [0.2, 0.25) is 0 Å². The van der Waals surface area contributed by atoms with E-state index in [2.05, 4.69) is 14.9 Å². The zero-order chi connectivity index (χ0) is 21.6. The lowest BCUT2D eigenvalue weighted by Crippen LogP contribution is -2.24. The summed E-state index contributed by atoms with van der Waals surface area (Å²) in [4.78, 5) is 14.7. The summed E-state index contributed by atoms with van der Waals surface area (Å²) in [5, 5.41) is 2.90. The quantitative estimate of drug-likeness (QED) is 0.581. The summed E-state index contributed by atoms with van der Waals surface area (Å²) >= 11 is 0. The summed E-state index contributed by atoms with van der Waals surface area (Å²) in [5.74, 6) is -0.255. The lowest BCUT2D eigenvalue weighted by molar-refractivity contribution is 0.0950. The van der Waals surface area contributed by atoms with Gasteiger partial charge in [-0.2, -0.15) is 0 Å².